The molecule has 2 atom stereocenters. The SMILES string of the molecule is CC(C)[C@H](N)C(=O)N1CCC[C@H]1/C=C/B(O)O. The van der Waals surface area contributed by atoms with Crippen LogP contribution in [0.2, 0.25) is 0 Å². The third-order valence-electron chi connectivity index (χ3n) is 3.09. The Morgan fingerprint density at radius 3 is 2.71 bits per heavy atom. The van der Waals surface area contributed by atoms with Crippen LogP contribution in [0.4, 0.5) is 0 Å². The van der Waals surface area contributed by atoms with E-state index in [1.54, 1.807) is 11.0 Å². The predicted molar refractivity (Wildman–Crippen MR) is 66.9 cm³/mol. The highest BCUT2D eigenvalue weighted by molar-refractivity contribution is 6.47. The van der Waals surface area contributed by atoms with Crippen LogP contribution in [-0.2, 0) is 4.79 Å². The number of nitrogens with zero attached hydrogens (tertiary/aromatic N) is 1. The molecule has 0 radical (unpaired) electrons. The molecule has 5 nitrogen and oxygen atoms in total. The third kappa shape index (κ3) is 3.83. The molecule has 6 heteroatoms. The molecule has 1 saturated heterocycles. The fourth-order valence-electron chi connectivity index (χ4n) is 1.97. The van der Waals surface area contributed by atoms with Gasteiger partial charge in [0.05, 0.1) is 6.04 Å². The molecule has 1 rings (SSSR count). The average Bonchev–Trinajstić information content (AvgIpc) is 2.72. The summed E-state index contributed by atoms with van der Waals surface area (Å²) in [4.78, 5) is 13.8. The Hall–Kier alpha value is -0.845. The summed E-state index contributed by atoms with van der Waals surface area (Å²) in [5, 5.41) is 17.6. The Morgan fingerprint density at radius 2 is 2.18 bits per heavy atom. The first-order valence-corrected chi connectivity index (χ1v) is 6.04. The molecule has 1 fully saturated rings. The molecular weight excluding hydrogens is 219 g/mol. The van der Waals surface area contributed by atoms with E-state index in [1.165, 1.54) is 5.98 Å². The molecule has 1 heterocycles. The molecule has 0 unspecified atom stereocenters. The summed E-state index contributed by atoms with van der Waals surface area (Å²) in [6.45, 7) is 4.53. The number of hydrogen-bond acceptors (Lipinski definition) is 4. The van der Waals surface area contributed by atoms with E-state index in [2.05, 4.69) is 0 Å². The van der Waals surface area contributed by atoms with Crippen molar-refractivity contribution in [3.05, 3.63) is 12.1 Å². The molecule has 1 aliphatic rings. The maximum Gasteiger partial charge on any atom is 0.480 e. The molecule has 0 aromatic heterocycles. The predicted octanol–water partition coefficient (Wildman–Crippen LogP) is -0.471. The van der Waals surface area contributed by atoms with Gasteiger partial charge in [-0.2, -0.15) is 0 Å². The lowest BCUT2D eigenvalue weighted by molar-refractivity contribution is -0.133. The first-order chi connectivity index (χ1) is 7.93. The van der Waals surface area contributed by atoms with Gasteiger partial charge in [-0.05, 0) is 18.8 Å². The zero-order valence-electron chi connectivity index (χ0n) is 10.4. The number of nitrogens with two attached hydrogens (primary N) is 1. The zero-order chi connectivity index (χ0) is 13.0. The fraction of sp³-hybridized carbons (Fsp3) is 0.727. The molecule has 0 aromatic rings. The highest BCUT2D eigenvalue weighted by atomic mass is 16.4. The molecule has 0 aromatic carbocycles. The van der Waals surface area contributed by atoms with Crippen LogP contribution in [0.5, 0.6) is 0 Å². The molecule has 0 saturated carbocycles. The van der Waals surface area contributed by atoms with E-state index in [-0.39, 0.29) is 17.9 Å². The number of amides is 1. The summed E-state index contributed by atoms with van der Waals surface area (Å²) in [6.07, 6.45) is 3.44. The van der Waals surface area contributed by atoms with Gasteiger partial charge in [-0.15, -0.1) is 0 Å². The summed E-state index contributed by atoms with van der Waals surface area (Å²) < 4.78 is 0. The second-order valence-electron chi connectivity index (χ2n) is 4.81. The molecule has 1 amide bonds. The van der Waals surface area contributed by atoms with Gasteiger partial charge in [0, 0.05) is 12.6 Å². The van der Waals surface area contributed by atoms with E-state index in [1.807, 2.05) is 13.8 Å². The topological polar surface area (TPSA) is 86.8 Å². The van der Waals surface area contributed by atoms with Gasteiger partial charge >= 0.3 is 7.12 Å². The van der Waals surface area contributed by atoms with E-state index >= 15 is 0 Å². The number of carbonyl (C=O) groups excluding carboxylic acids is 1. The van der Waals surface area contributed by atoms with E-state index in [0.29, 0.717) is 6.54 Å². The molecule has 0 aliphatic carbocycles. The highest BCUT2D eigenvalue weighted by Gasteiger charge is 2.31. The van der Waals surface area contributed by atoms with Crippen molar-refractivity contribution in [1.82, 2.24) is 4.90 Å². The number of rotatable bonds is 4. The first kappa shape index (κ1) is 14.2. The lowest BCUT2D eigenvalue weighted by Crippen LogP contribution is -2.48. The molecule has 1 aliphatic heterocycles. The van der Waals surface area contributed by atoms with Crippen molar-refractivity contribution < 1.29 is 14.8 Å². The molecule has 96 valence electrons. The van der Waals surface area contributed by atoms with E-state index in [0.717, 1.165) is 12.8 Å². The van der Waals surface area contributed by atoms with Crippen LogP contribution < -0.4 is 5.73 Å². The summed E-state index contributed by atoms with van der Waals surface area (Å²) >= 11 is 0. The van der Waals surface area contributed by atoms with Crippen molar-refractivity contribution in [3.63, 3.8) is 0 Å². The van der Waals surface area contributed by atoms with Gasteiger partial charge in [-0.3, -0.25) is 4.79 Å². The Bertz CT molecular complexity index is 294. The Kier molecular flexibility index (Phi) is 5.17. The van der Waals surface area contributed by atoms with Crippen molar-refractivity contribution in [2.24, 2.45) is 11.7 Å². The van der Waals surface area contributed by atoms with Gasteiger partial charge in [0.15, 0.2) is 0 Å². The number of carbonyl (C=O) groups is 1. The van der Waals surface area contributed by atoms with Crippen molar-refractivity contribution in [2.45, 2.75) is 38.8 Å². The second-order valence-corrected chi connectivity index (χ2v) is 4.81. The van der Waals surface area contributed by atoms with Gasteiger partial charge < -0.3 is 20.7 Å². The number of likely N-dealkylation sites (tertiary alicyclic amines) is 1. The van der Waals surface area contributed by atoms with E-state index in [9.17, 15) is 4.79 Å². The van der Waals surface area contributed by atoms with Crippen LogP contribution >= 0.6 is 0 Å². The molecule has 4 N–H and O–H groups in total. The smallest absolute Gasteiger partial charge is 0.424 e. The Labute approximate surface area is 102 Å². The third-order valence-corrected chi connectivity index (χ3v) is 3.09. The Balaban J connectivity index is 2.66. The fourth-order valence-corrected chi connectivity index (χ4v) is 1.97. The lowest BCUT2D eigenvalue weighted by atomic mass is 9.90. The van der Waals surface area contributed by atoms with E-state index < -0.39 is 13.2 Å². The monoisotopic (exact) mass is 240 g/mol. The van der Waals surface area contributed by atoms with Crippen molar-refractivity contribution >= 4 is 13.0 Å². The molecular formula is C11H21BN2O3. The van der Waals surface area contributed by atoms with Crippen LogP contribution in [0.15, 0.2) is 12.1 Å². The van der Waals surface area contributed by atoms with Crippen molar-refractivity contribution in [1.29, 1.82) is 0 Å². The normalized spacial score (nSPS) is 22.5. The quantitative estimate of drug-likeness (QED) is 0.580. The van der Waals surface area contributed by atoms with Crippen LogP contribution in [-0.4, -0.2) is 46.6 Å². The summed E-state index contributed by atoms with van der Waals surface area (Å²) in [7, 11) is -1.47. The maximum absolute atomic E-state index is 12.1. The minimum absolute atomic E-state index is 0.0559. The summed E-state index contributed by atoms with van der Waals surface area (Å²) in [5.41, 5.74) is 5.84. The summed E-state index contributed by atoms with van der Waals surface area (Å²) in [6, 6.07) is -0.544. The molecule has 0 bridgehead atoms. The second kappa shape index (κ2) is 6.19. The minimum atomic E-state index is -1.47. The van der Waals surface area contributed by atoms with Crippen LogP contribution in [0.3, 0.4) is 0 Å². The van der Waals surface area contributed by atoms with Gasteiger partial charge in [0.2, 0.25) is 5.91 Å². The van der Waals surface area contributed by atoms with Crippen molar-refractivity contribution in [3.8, 4) is 0 Å². The molecule has 17 heavy (non-hydrogen) atoms. The minimum Gasteiger partial charge on any atom is -0.424 e. The van der Waals surface area contributed by atoms with Gasteiger partial charge in [0.1, 0.15) is 0 Å². The van der Waals surface area contributed by atoms with Gasteiger partial charge in [0.25, 0.3) is 0 Å². The highest BCUT2D eigenvalue weighted by Crippen LogP contribution is 2.20. The first-order valence-electron chi connectivity index (χ1n) is 6.04. The maximum atomic E-state index is 12.1. The Morgan fingerprint density at radius 1 is 1.53 bits per heavy atom. The molecule has 0 spiro atoms. The lowest BCUT2D eigenvalue weighted by Gasteiger charge is -2.27. The zero-order valence-corrected chi connectivity index (χ0v) is 10.4. The van der Waals surface area contributed by atoms with Gasteiger partial charge in [-0.1, -0.05) is 25.9 Å². The van der Waals surface area contributed by atoms with Crippen LogP contribution in [0.25, 0.3) is 0 Å². The van der Waals surface area contributed by atoms with Crippen LogP contribution in [0.1, 0.15) is 26.7 Å². The van der Waals surface area contributed by atoms with Crippen molar-refractivity contribution in [2.75, 3.05) is 6.54 Å². The van der Waals surface area contributed by atoms with Gasteiger partial charge in [-0.25, -0.2) is 0 Å². The standard InChI is InChI=1S/C11H21BN2O3/c1-8(2)10(13)11(15)14-7-3-4-9(14)5-6-12(16)17/h5-6,8-10,16-17H,3-4,7,13H2,1-2H3/b6-5+/t9-,10-/m0/s1. The largest absolute Gasteiger partial charge is 0.480 e. The van der Waals surface area contributed by atoms with E-state index in [4.69, 9.17) is 15.8 Å². The number of hydrogen-bond donors (Lipinski definition) is 3. The average molecular weight is 240 g/mol. The summed E-state index contributed by atoms with van der Waals surface area (Å²) in [5.74, 6) is 1.34. The van der Waals surface area contributed by atoms with Crippen LogP contribution in [0, 0.1) is 5.92 Å².